The summed E-state index contributed by atoms with van der Waals surface area (Å²) in [6, 6.07) is 12.0. The molecule has 0 fully saturated rings. The van der Waals surface area contributed by atoms with Gasteiger partial charge in [0.1, 0.15) is 5.82 Å². The Morgan fingerprint density at radius 2 is 2.04 bits per heavy atom. The number of carbonyl (C=O) groups is 1. The number of nitrogens with one attached hydrogen (secondary N) is 1. The Balaban J connectivity index is 1.62. The highest BCUT2D eigenvalue weighted by atomic mass is 16.5. The van der Waals surface area contributed by atoms with Gasteiger partial charge in [0, 0.05) is 13.1 Å². The average Bonchev–Trinajstić information content (AvgIpc) is 2.64. The van der Waals surface area contributed by atoms with Crippen LogP contribution < -0.4 is 10.2 Å². The summed E-state index contributed by atoms with van der Waals surface area (Å²) < 4.78 is 5.81. The van der Waals surface area contributed by atoms with Crippen molar-refractivity contribution in [2.75, 3.05) is 29.9 Å². The van der Waals surface area contributed by atoms with E-state index in [0.29, 0.717) is 18.7 Å². The molecular weight excluding hydrogens is 314 g/mol. The molecular formula is C20H25N3O2. The fourth-order valence-corrected chi connectivity index (χ4v) is 3.22. The Kier molecular flexibility index (Phi) is 5.66. The molecule has 25 heavy (non-hydrogen) atoms. The van der Waals surface area contributed by atoms with E-state index >= 15 is 0 Å². The highest BCUT2D eigenvalue weighted by Crippen LogP contribution is 2.29. The predicted molar refractivity (Wildman–Crippen MR) is 99.9 cm³/mol. The minimum Gasteiger partial charge on any atom is -0.373 e. The number of anilines is 2. The van der Waals surface area contributed by atoms with Crippen LogP contribution in [0.3, 0.4) is 0 Å². The average molecular weight is 339 g/mol. The van der Waals surface area contributed by atoms with Crippen molar-refractivity contribution < 1.29 is 9.53 Å². The van der Waals surface area contributed by atoms with Gasteiger partial charge in [0.15, 0.2) is 0 Å². The Morgan fingerprint density at radius 3 is 2.76 bits per heavy atom. The molecule has 0 saturated carbocycles. The molecule has 1 aromatic carbocycles. The van der Waals surface area contributed by atoms with Gasteiger partial charge in [0.05, 0.1) is 31.0 Å². The van der Waals surface area contributed by atoms with Gasteiger partial charge in [0.2, 0.25) is 5.91 Å². The van der Waals surface area contributed by atoms with Gasteiger partial charge in [-0.25, -0.2) is 4.98 Å². The van der Waals surface area contributed by atoms with Crippen molar-refractivity contribution in [1.82, 2.24) is 4.98 Å². The first kappa shape index (κ1) is 17.4. The third-order valence-corrected chi connectivity index (χ3v) is 4.58. The topological polar surface area (TPSA) is 54.5 Å². The number of benzene rings is 1. The van der Waals surface area contributed by atoms with Crippen LogP contribution in [0.15, 0.2) is 42.6 Å². The van der Waals surface area contributed by atoms with Gasteiger partial charge in [-0.15, -0.1) is 0 Å². The molecule has 132 valence electrons. The first-order valence-electron chi connectivity index (χ1n) is 8.91. The lowest BCUT2D eigenvalue weighted by Crippen LogP contribution is -2.23. The lowest BCUT2D eigenvalue weighted by Gasteiger charge is -2.25. The minimum atomic E-state index is -0.173. The van der Waals surface area contributed by atoms with Gasteiger partial charge in [-0.2, -0.15) is 0 Å². The maximum Gasteiger partial charge on any atom is 0.227 e. The van der Waals surface area contributed by atoms with Crippen molar-refractivity contribution in [3.8, 4) is 0 Å². The van der Waals surface area contributed by atoms with E-state index in [1.165, 1.54) is 5.56 Å². The Bertz CT molecular complexity index is 711. The molecule has 1 N–H and O–H groups in total. The molecule has 3 rings (SSSR count). The largest absolute Gasteiger partial charge is 0.373 e. The van der Waals surface area contributed by atoms with Crippen LogP contribution in [0.5, 0.6) is 0 Å². The quantitative estimate of drug-likeness (QED) is 0.874. The normalized spacial score (nSPS) is 16.2. The molecule has 1 aromatic heterocycles. The fraction of sp³-hybridized carbons (Fsp3) is 0.400. The predicted octanol–water partition coefficient (Wildman–Crippen LogP) is 3.57. The zero-order valence-corrected chi connectivity index (χ0v) is 14.9. The van der Waals surface area contributed by atoms with Crippen LogP contribution in [0, 0.1) is 0 Å². The molecule has 5 nitrogen and oxygen atoms in total. The lowest BCUT2D eigenvalue weighted by molar-refractivity contribution is -0.119. The summed E-state index contributed by atoms with van der Waals surface area (Å²) in [6.45, 7) is 6.68. The zero-order chi connectivity index (χ0) is 17.6. The van der Waals surface area contributed by atoms with E-state index in [4.69, 9.17) is 4.74 Å². The maximum atomic E-state index is 12.4. The van der Waals surface area contributed by atoms with Gasteiger partial charge < -0.3 is 15.0 Å². The van der Waals surface area contributed by atoms with E-state index in [1.54, 1.807) is 6.20 Å². The summed E-state index contributed by atoms with van der Waals surface area (Å²) in [5.41, 5.74) is 3.11. The second-order valence-corrected chi connectivity index (χ2v) is 6.14. The maximum absolute atomic E-state index is 12.4. The third kappa shape index (κ3) is 4.17. The molecule has 0 bridgehead atoms. The highest BCUT2D eigenvalue weighted by molar-refractivity contribution is 5.91. The Labute approximate surface area is 149 Å². The van der Waals surface area contributed by atoms with Gasteiger partial charge in [-0.3, -0.25) is 4.79 Å². The van der Waals surface area contributed by atoms with Crippen molar-refractivity contribution in [1.29, 1.82) is 0 Å². The van der Waals surface area contributed by atoms with E-state index in [9.17, 15) is 4.79 Å². The number of ether oxygens (including phenoxy) is 1. The summed E-state index contributed by atoms with van der Waals surface area (Å²) in [5.74, 6) is 0.867. The van der Waals surface area contributed by atoms with Crippen LogP contribution in [0.4, 0.5) is 11.5 Å². The first-order chi connectivity index (χ1) is 12.2. The van der Waals surface area contributed by atoms with Gasteiger partial charge in [0.25, 0.3) is 0 Å². The molecule has 2 heterocycles. The summed E-state index contributed by atoms with van der Waals surface area (Å²) in [7, 11) is 0. The van der Waals surface area contributed by atoms with Crippen molar-refractivity contribution in [3.63, 3.8) is 0 Å². The smallest absolute Gasteiger partial charge is 0.227 e. The van der Waals surface area contributed by atoms with E-state index in [0.717, 1.165) is 30.9 Å². The van der Waals surface area contributed by atoms with Gasteiger partial charge in [-0.05, 0) is 43.5 Å². The summed E-state index contributed by atoms with van der Waals surface area (Å²) in [6.07, 6.45) is 2.76. The SMILES string of the molecule is CCN(CC)c1ccc(NC(=O)CC2OCCc3ccccc32)cn1. The van der Waals surface area contributed by atoms with Crippen molar-refractivity contribution in [3.05, 3.63) is 53.7 Å². The number of nitrogens with zero attached hydrogens (tertiary/aromatic N) is 2. The molecule has 0 aliphatic carbocycles. The number of rotatable bonds is 6. The van der Waals surface area contributed by atoms with Gasteiger partial charge in [-0.1, -0.05) is 24.3 Å². The second kappa shape index (κ2) is 8.12. The van der Waals surface area contributed by atoms with Gasteiger partial charge >= 0.3 is 0 Å². The number of fused-ring (bicyclic) bond motifs is 1. The van der Waals surface area contributed by atoms with E-state index < -0.39 is 0 Å². The first-order valence-corrected chi connectivity index (χ1v) is 8.91. The molecule has 1 atom stereocenters. The van der Waals surface area contributed by atoms with Crippen molar-refractivity contribution >= 4 is 17.4 Å². The fourth-order valence-electron chi connectivity index (χ4n) is 3.22. The number of carbonyl (C=O) groups excluding carboxylic acids is 1. The summed E-state index contributed by atoms with van der Waals surface area (Å²) >= 11 is 0. The molecule has 0 spiro atoms. The monoisotopic (exact) mass is 339 g/mol. The van der Waals surface area contributed by atoms with Crippen LogP contribution in [0.25, 0.3) is 0 Å². The standard InChI is InChI=1S/C20H25N3O2/c1-3-23(4-2)19-10-9-16(14-21-19)22-20(24)13-18-17-8-6-5-7-15(17)11-12-25-18/h5-10,14,18H,3-4,11-13H2,1-2H3,(H,22,24). The number of hydrogen-bond donors (Lipinski definition) is 1. The third-order valence-electron chi connectivity index (χ3n) is 4.58. The molecule has 5 heteroatoms. The number of hydrogen-bond acceptors (Lipinski definition) is 4. The molecule has 0 saturated heterocycles. The molecule has 1 aliphatic heterocycles. The van der Waals surface area contributed by atoms with Crippen LogP contribution in [-0.4, -0.2) is 30.6 Å². The van der Waals surface area contributed by atoms with E-state index in [1.807, 2.05) is 30.3 Å². The number of aromatic nitrogens is 1. The van der Waals surface area contributed by atoms with Crippen LogP contribution in [0.1, 0.15) is 37.5 Å². The summed E-state index contributed by atoms with van der Waals surface area (Å²) in [5, 5.41) is 2.92. The molecule has 1 aliphatic rings. The second-order valence-electron chi connectivity index (χ2n) is 6.14. The van der Waals surface area contributed by atoms with E-state index in [2.05, 4.69) is 35.1 Å². The minimum absolute atomic E-state index is 0.0564. The molecule has 2 aromatic rings. The zero-order valence-electron chi connectivity index (χ0n) is 14.9. The van der Waals surface area contributed by atoms with Crippen LogP contribution in [-0.2, 0) is 16.0 Å². The molecule has 1 amide bonds. The van der Waals surface area contributed by atoms with E-state index in [-0.39, 0.29) is 12.0 Å². The Hall–Kier alpha value is -2.40. The summed E-state index contributed by atoms with van der Waals surface area (Å²) in [4.78, 5) is 19.0. The number of pyridine rings is 1. The lowest BCUT2D eigenvalue weighted by atomic mass is 9.95. The molecule has 1 unspecified atom stereocenters. The highest BCUT2D eigenvalue weighted by Gasteiger charge is 2.23. The van der Waals surface area contributed by atoms with Crippen molar-refractivity contribution in [2.24, 2.45) is 0 Å². The molecule has 0 radical (unpaired) electrons. The van der Waals surface area contributed by atoms with Crippen LogP contribution in [0.2, 0.25) is 0 Å². The van der Waals surface area contributed by atoms with Crippen LogP contribution >= 0.6 is 0 Å². The number of amides is 1. The Morgan fingerprint density at radius 1 is 1.24 bits per heavy atom. The van der Waals surface area contributed by atoms with Crippen molar-refractivity contribution in [2.45, 2.75) is 32.8 Å².